The van der Waals surface area contributed by atoms with Gasteiger partial charge in [-0.25, -0.2) is 0 Å². The number of nitrogens with one attached hydrogen (secondary N) is 1. The van der Waals surface area contributed by atoms with Crippen LogP contribution in [0.4, 0.5) is 0 Å². The Morgan fingerprint density at radius 2 is 1.84 bits per heavy atom. The average molecular weight is 421 g/mol. The number of fused-ring (bicyclic) bond motifs is 1. The zero-order valence-electron chi connectivity index (χ0n) is 17.6. The molecule has 31 heavy (non-hydrogen) atoms. The lowest BCUT2D eigenvalue weighted by molar-refractivity contribution is -0.129. The van der Waals surface area contributed by atoms with Crippen LogP contribution in [0.3, 0.4) is 0 Å². The number of carbonyl (C=O) groups excluding carboxylic acids is 2. The molecule has 3 aliphatic rings. The lowest BCUT2D eigenvalue weighted by Crippen LogP contribution is -2.36. The average Bonchev–Trinajstić information content (AvgIpc) is 3.58. The van der Waals surface area contributed by atoms with Crippen molar-refractivity contribution in [3.63, 3.8) is 0 Å². The van der Waals surface area contributed by atoms with E-state index in [9.17, 15) is 9.59 Å². The van der Waals surface area contributed by atoms with Gasteiger partial charge in [0.25, 0.3) is 0 Å². The Kier molecular flexibility index (Phi) is 5.53. The van der Waals surface area contributed by atoms with Gasteiger partial charge in [-0.3, -0.25) is 9.59 Å². The Morgan fingerprint density at radius 1 is 1.06 bits per heavy atom. The van der Waals surface area contributed by atoms with Crippen LogP contribution in [0.1, 0.15) is 36.4 Å². The SMILES string of the molecule is O=C(NC(c1ccc2c(c1)OCCO2)C1CC1)C1CC(=O)N(CCc2ccccc2)C1. The fourth-order valence-electron chi connectivity index (χ4n) is 4.50. The monoisotopic (exact) mass is 420 g/mol. The van der Waals surface area contributed by atoms with E-state index in [1.165, 1.54) is 5.56 Å². The summed E-state index contributed by atoms with van der Waals surface area (Å²) < 4.78 is 11.3. The molecule has 1 aliphatic carbocycles. The maximum atomic E-state index is 13.1. The van der Waals surface area contributed by atoms with Crippen molar-refractivity contribution in [2.24, 2.45) is 11.8 Å². The smallest absolute Gasteiger partial charge is 0.225 e. The summed E-state index contributed by atoms with van der Waals surface area (Å²) >= 11 is 0. The molecule has 2 atom stereocenters. The van der Waals surface area contributed by atoms with Crippen molar-refractivity contribution in [1.82, 2.24) is 10.2 Å². The van der Waals surface area contributed by atoms with Crippen molar-refractivity contribution >= 4 is 11.8 Å². The number of ether oxygens (including phenoxy) is 2. The maximum Gasteiger partial charge on any atom is 0.225 e. The molecule has 0 aromatic heterocycles. The van der Waals surface area contributed by atoms with Crippen LogP contribution in [-0.2, 0) is 16.0 Å². The van der Waals surface area contributed by atoms with Crippen molar-refractivity contribution in [2.45, 2.75) is 31.7 Å². The number of likely N-dealkylation sites (tertiary alicyclic amines) is 1. The summed E-state index contributed by atoms with van der Waals surface area (Å²) in [7, 11) is 0. The zero-order chi connectivity index (χ0) is 21.2. The number of hydrogen-bond acceptors (Lipinski definition) is 4. The predicted molar refractivity (Wildman–Crippen MR) is 116 cm³/mol. The standard InChI is InChI=1S/C25H28N2O4/c28-23-15-20(16-27(23)11-10-17-4-2-1-3-5-17)25(29)26-24(18-6-7-18)19-8-9-21-22(14-19)31-13-12-30-21/h1-5,8-9,14,18,20,24H,6-7,10-13,15-16H2,(H,26,29). The van der Waals surface area contributed by atoms with E-state index in [0.717, 1.165) is 36.3 Å². The van der Waals surface area contributed by atoms with E-state index in [1.807, 2.05) is 41.3 Å². The first-order valence-corrected chi connectivity index (χ1v) is 11.2. The van der Waals surface area contributed by atoms with Gasteiger partial charge in [-0.2, -0.15) is 0 Å². The summed E-state index contributed by atoms with van der Waals surface area (Å²) in [5.41, 5.74) is 2.25. The van der Waals surface area contributed by atoms with E-state index in [0.29, 0.717) is 38.6 Å². The van der Waals surface area contributed by atoms with E-state index in [2.05, 4.69) is 17.4 Å². The third-order valence-corrected chi connectivity index (χ3v) is 6.42. The van der Waals surface area contributed by atoms with Crippen molar-refractivity contribution < 1.29 is 19.1 Å². The van der Waals surface area contributed by atoms with Gasteiger partial charge < -0.3 is 19.7 Å². The first kappa shape index (κ1) is 19.9. The molecule has 1 saturated heterocycles. The quantitative estimate of drug-likeness (QED) is 0.747. The minimum atomic E-state index is -0.290. The Bertz CT molecular complexity index is 957. The van der Waals surface area contributed by atoms with Crippen LogP contribution < -0.4 is 14.8 Å². The Hall–Kier alpha value is -3.02. The highest BCUT2D eigenvalue weighted by Gasteiger charge is 2.38. The summed E-state index contributed by atoms with van der Waals surface area (Å²) in [5, 5.41) is 3.24. The van der Waals surface area contributed by atoms with Crippen LogP contribution in [0.15, 0.2) is 48.5 Å². The largest absolute Gasteiger partial charge is 0.486 e. The van der Waals surface area contributed by atoms with Crippen LogP contribution in [-0.4, -0.2) is 43.0 Å². The third kappa shape index (κ3) is 4.53. The molecule has 0 bridgehead atoms. The van der Waals surface area contributed by atoms with Crippen molar-refractivity contribution in [2.75, 3.05) is 26.3 Å². The molecule has 2 unspecified atom stereocenters. The van der Waals surface area contributed by atoms with Gasteiger partial charge in [0, 0.05) is 19.5 Å². The van der Waals surface area contributed by atoms with Gasteiger partial charge in [-0.15, -0.1) is 0 Å². The molecule has 6 heteroatoms. The van der Waals surface area contributed by atoms with Crippen LogP contribution in [0.5, 0.6) is 11.5 Å². The molecular weight excluding hydrogens is 392 g/mol. The predicted octanol–water partition coefficient (Wildman–Crippen LogP) is 3.12. The van der Waals surface area contributed by atoms with Gasteiger partial charge in [0.05, 0.1) is 12.0 Å². The van der Waals surface area contributed by atoms with Gasteiger partial charge in [-0.1, -0.05) is 36.4 Å². The molecule has 2 fully saturated rings. The van der Waals surface area contributed by atoms with Crippen LogP contribution in [0.25, 0.3) is 0 Å². The summed E-state index contributed by atoms with van der Waals surface area (Å²) in [6.07, 6.45) is 3.31. The number of benzene rings is 2. The fraction of sp³-hybridized carbons (Fsp3) is 0.440. The van der Waals surface area contributed by atoms with E-state index in [-0.39, 0.29) is 23.8 Å². The van der Waals surface area contributed by atoms with Crippen molar-refractivity contribution in [3.8, 4) is 11.5 Å². The van der Waals surface area contributed by atoms with Crippen molar-refractivity contribution in [3.05, 3.63) is 59.7 Å². The molecule has 2 aromatic rings. The highest BCUT2D eigenvalue weighted by Crippen LogP contribution is 2.43. The normalized spacial score (nSPS) is 21.1. The van der Waals surface area contributed by atoms with Crippen LogP contribution in [0, 0.1) is 11.8 Å². The first-order valence-electron chi connectivity index (χ1n) is 11.2. The Balaban J connectivity index is 1.22. The molecule has 6 nitrogen and oxygen atoms in total. The van der Waals surface area contributed by atoms with E-state index in [4.69, 9.17) is 9.47 Å². The molecule has 1 N–H and O–H groups in total. The Morgan fingerprint density at radius 3 is 2.61 bits per heavy atom. The molecule has 2 heterocycles. The van der Waals surface area contributed by atoms with E-state index < -0.39 is 0 Å². The molecular formula is C25H28N2O4. The number of carbonyl (C=O) groups is 2. The minimum absolute atomic E-state index is 0.0256. The molecule has 5 rings (SSSR count). The molecule has 162 valence electrons. The number of rotatable bonds is 7. The molecule has 1 saturated carbocycles. The minimum Gasteiger partial charge on any atom is -0.486 e. The van der Waals surface area contributed by atoms with Gasteiger partial charge in [0.15, 0.2) is 11.5 Å². The highest BCUT2D eigenvalue weighted by atomic mass is 16.6. The summed E-state index contributed by atoms with van der Waals surface area (Å²) in [4.78, 5) is 27.4. The molecule has 2 aliphatic heterocycles. The first-order chi connectivity index (χ1) is 15.2. The van der Waals surface area contributed by atoms with Gasteiger partial charge >= 0.3 is 0 Å². The van der Waals surface area contributed by atoms with Gasteiger partial charge in [0.2, 0.25) is 11.8 Å². The lowest BCUT2D eigenvalue weighted by Gasteiger charge is -2.24. The summed E-state index contributed by atoms with van der Waals surface area (Å²) in [5.74, 6) is 1.69. The fourth-order valence-corrected chi connectivity index (χ4v) is 4.50. The summed E-state index contributed by atoms with van der Waals surface area (Å²) in [6.45, 7) is 2.25. The second-order valence-corrected chi connectivity index (χ2v) is 8.70. The second-order valence-electron chi connectivity index (χ2n) is 8.70. The van der Waals surface area contributed by atoms with Gasteiger partial charge in [0.1, 0.15) is 13.2 Å². The Labute approximate surface area is 182 Å². The molecule has 0 radical (unpaired) electrons. The van der Waals surface area contributed by atoms with E-state index in [1.54, 1.807) is 0 Å². The maximum absolute atomic E-state index is 13.1. The third-order valence-electron chi connectivity index (χ3n) is 6.42. The summed E-state index contributed by atoms with van der Waals surface area (Å²) in [6, 6.07) is 16.0. The van der Waals surface area contributed by atoms with Crippen LogP contribution in [0.2, 0.25) is 0 Å². The second kappa shape index (κ2) is 8.61. The van der Waals surface area contributed by atoms with Gasteiger partial charge in [-0.05, 0) is 48.4 Å². The topological polar surface area (TPSA) is 67.9 Å². The molecule has 2 aromatic carbocycles. The van der Waals surface area contributed by atoms with Crippen molar-refractivity contribution in [1.29, 1.82) is 0 Å². The molecule has 0 spiro atoms. The number of hydrogen-bond donors (Lipinski definition) is 1. The number of amides is 2. The lowest BCUT2D eigenvalue weighted by atomic mass is 9.99. The molecule has 2 amide bonds. The highest BCUT2D eigenvalue weighted by molar-refractivity contribution is 5.89. The zero-order valence-corrected chi connectivity index (χ0v) is 17.6. The van der Waals surface area contributed by atoms with Crippen LogP contribution >= 0.6 is 0 Å². The number of nitrogens with zero attached hydrogens (tertiary/aromatic N) is 1. The van der Waals surface area contributed by atoms with E-state index >= 15 is 0 Å².